The van der Waals surface area contributed by atoms with Gasteiger partial charge in [-0.05, 0) is 63.2 Å². The van der Waals surface area contributed by atoms with Crippen LogP contribution in [0.5, 0.6) is 0 Å². The van der Waals surface area contributed by atoms with Crippen molar-refractivity contribution in [2.24, 2.45) is 34.5 Å². The molecule has 3 saturated carbocycles. The molecule has 0 radical (unpaired) electrons. The number of hydrogen-bond acceptors (Lipinski definition) is 8. The number of carbonyl (C=O) groups excluding carboxylic acids is 2. The van der Waals surface area contributed by atoms with Gasteiger partial charge in [0.15, 0.2) is 12.6 Å². The summed E-state index contributed by atoms with van der Waals surface area (Å²) in [6, 6.07) is 0. The van der Waals surface area contributed by atoms with Gasteiger partial charge in [0.1, 0.15) is 5.41 Å². The molecule has 9 atom stereocenters. The monoisotopic (exact) mass is 478 g/mol. The number of fused-ring (bicyclic) bond motifs is 2. The van der Waals surface area contributed by atoms with Crippen molar-refractivity contribution < 1.29 is 38.0 Å². The molecule has 0 spiro atoms. The zero-order chi connectivity index (χ0) is 24.3. The van der Waals surface area contributed by atoms with E-state index in [0.717, 1.165) is 31.3 Å². The third-order valence-electron chi connectivity index (χ3n) is 9.65. The van der Waals surface area contributed by atoms with Crippen LogP contribution in [0.2, 0.25) is 0 Å². The van der Waals surface area contributed by atoms with Gasteiger partial charge in [0.25, 0.3) is 0 Å². The van der Waals surface area contributed by atoms with Gasteiger partial charge in [-0.1, -0.05) is 13.3 Å². The second-order valence-electron chi connectivity index (χ2n) is 10.6. The number of carbonyl (C=O) groups is 2. The fraction of sp³-hybridized carbons (Fsp3) is 0.846. The van der Waals surface area contributed by atoms with Crippen LogP contribution in [-0.4, -0.2) is 57.7 Å². The van der Waals surface area contributed by atoms with Gasteiger partial charge in [0, 0.05) is 43.8 Å². The molecule has 0 aromatic rings. The Morgan fingerprint density at radius 1 is 1.15 bits per heavy atom. The van der Waals surface area contributed by atoms with E-state index in [2.05, 4.69) is 6.92 Å². The Kier molecular flexibility index (Phi) is 6.11. The van der Waals surface area contributed by atoms with Gasteiger partial charge in [-0.2, -0.15) is 0 Å². The molecule has 8 nitrogen and oxygen atoms in total. The van der Waals surface area contributed by atoms with E-state index >= 15 is 0 Å². The van der Waals surface area contributed by atoms with Gasteiger partial charge < -0.3 is 28.4 Å². The summed E-state index contributed by atoms with van der Waals surface area (Å²) in [6.45, 7) is 6.89. The first-order chi connectivity index (χ1) is 16.3. The zero-order valence-corrected chi connectivity index (χ0v) is 21.0. The largest absolute Gasteiger partial charge is 0.468 e. The lowest BCUT2D eigenvalue weighted by Crippen LogP contribution is -2.72. The Bertz CT molecular complexity index is 871. The topological polar surface area (TPSA) is 89.5 Å². The summed E-state index contributed by atoms with van der Waals surface area (Å²) in [7, 11) is 3.13. The summed E-state index contributed by atoms with van der Waals surface area (Å²) >= 11 is 0. The molecule has 8 heteroatoms. The molecule has 0 aromatic heterocycles. The highest BCUT2D eigenvalue weighted by atomic mass is 16.8. The Morgan fingerprint density at radius 2 is 1.94 bits per heavy atom. The molecule has 2 heterocycles. The fourth-order valence-electron chi connectivity index (χ4n) is 8.68. The molecule has 1 saturated heterocycles. The zero-order valence-electron chi connectivity index (χ0n) is 21.0. The highest BCUT2D eigenvalue weighted by Gasteiger charge is 2.75. The number of hydrogen-bond donors (Lipinski definition) is 0. The predicted octanol–water partition coefficient (Wildman–Crippen LogP) is 3.58. The molecule has 190 valence electrons. The lowest BCUT2D eigenvalue weighted by Gasteiger charge is -2.68. The molecule has 2 aliphatic heterocycles. The summed E-state index contributed by atoms with van der Waals surface area (Å²) in [4.78, 5) is 26.0. The predicted molar refractivity (Wildman–Crippen MR) is 120 cm³/mol. The van der Waals surface area contributed by atoms with Crippen LogP contribution in [0.15, 0.2) is 11.6 Å². The highest BCUT2D eigenvalue weighted by Crippen LogP contribution is 2.72. The molecule has 5 aliphatic rings. The quantitative estimate of drug-likeness (QED) is 0.535. The molecular formula is C26H38O8. The van der Waals surface area contributed by atoms with Crippen molar-refractivity contribution in [2.75, 3.05) is 27.4 Å². The average Bonchev–Trinajstić information content (AvgIpc) is 3.16. The second-order valence-corrected chi connectivity index (χ2v) is 10.6. The Hall–Kier alpha value is -1.48. The normalized spacial score (nSPS) is 47.1. The number of esters is 2. The van der Waals surface area contributed by atoms with Crippen LogP contribution >= 0.6 is 0 Å². The molecule has 3 unspecified atom stereocenters. The summed E-state index contributed by atoms with van der Waals surface area (Å²) in [5, 5.41) is 0. The molecule has 2 bridgehead atoms. The first-order valence-corrected chi connectivity index (χ1v) is 12.8. The Morgan fingerprint density at radius 3 is 2.62 bits per heavy atom. The minimum absolute atomic E-state index is 0.0220. The van der Waals surface area contributed by atoms with Crippen LogP contribution < -0.4 is 0 Å². The smallest absolute Gasteiger partial charge is 0.333 e. The average molecular weight is 479 g/mol. The minimum atomic E-state index is -1.05. The molecule has 34 heavy (non-hydrogen) atoms. The maximum absolute atomic E-state index is 13.5. The van der Waals surface area contributed by atoms with Gasteiger partial charge in [-0.3, -0.25) is 4.79 Å². The van der Waals surface area contributed by atoms with Gasteiger partial charge in [0.05, 0.1) is 7.11 Å². The fourth-order valence-corrected chi connectivity index (χ4v) is 8.68. The van der Waals surface area contributed by atoms with Gasteiger partial charge in [-0.15, -0.1) is 0 Å². The van der Waals surface area contributed by atoms with Gasteiger partial charge >= 0.3 is 11.9 Å². The van der Waals surface area contributed by atoms with E-state index in [-0.39, 0.29) is 29.7 Å². The maximum Gasteiger partial charge on any atom is 0.333 e. The van der Waals surface area contributed by atoms with Crippen LogP contribution in [0.4, 0.5) is 0 Å². The minimum Gasteiger partial charge on any atom is -0.468 e. The lowest BCUT2D eigenvalue weighted by molar-refractivity contribution is -0.401. The standard InChI is InChI=1S/C26H38O8/c1-6-31-23-25(21(28)29-4)12-8-11-24(22(30-5)33-23)18-14-26(32-7-2)17(13-20(27)34-26)15(3)16(18)9-10-19(24)25/h13,15-16,18-19,22-23H,6-12,14H2,1-5H3/t15-,16+,18+,19-,22?,23+,24?,25?,26-/m1/s1. The second kappa shape index (κ2) is 8.57. The third-order valence-corrected chi connectivity index (χ3v) is 9.65. The third kappa shape index (κ3) is 2.98. The van der Waals surface area contributed by atoms with Gasteiger partial charge in [0.2, 0.25) is 5.79 Å². The Balaban J connectivity index is 1.65. The van der Waals surface area contributed by atoms with E-state index in [1.165, 1.54) is 7.11 Å². The van der Waals surface area contributed by atoms with E-state index < -0.39 is 29.2 Å². The molecular weight excluding hydrogens is 440 g/mol. The van der Waals surface area contributed by atoms with E-state index in [1.54, 1.807) is 13.2 Å². The summed E-state index contributed by atoms with van der Waals surface area (Å²) < 4.78 is 36.2. The van der Waals surface area contributed by atoms with Crippen molar-refractivity contribution in [3.8, 4) is 0 Å². The summed E-state index contributed by atoms with van der Waals surface area (Å²) in [6.07, 6.45) is 5.12. The molecule has 3 aliphatic carbocycles. The number of rotatable bonds is 6. The van der Waals surface area contributed by atoms with Crippen LogP contribution in [0.25, 0.3) is 0 Å². The van der Waals surface area contributed by atoms with E-state index in [9.17, 15) is 9.59 Å². The van der Waals surface area contributed by atoms with Crippen molar-refractivity contribution in [1.29, 1.82) is 0 Å². The molecule has 5 rings (SSSR count). The van der Waals surface area contributed by atoms with E-state index in [0.29, 0.717) is 32.0 Å². The van der Waals surface area contributed by atoms with Crippen LogP contribution in [-0.2, 0) is 38.0 Å². The maximum atomic E-state index is 13.5. The highest BCUT2D eigenvalue weighted by molar-refractivity contribution is 5.86. The molecule has 4 fully saturated rings. The number of methoxy groups -OCH3 is 2. The van der Waals surface area contributed by atoms with Crippen molar-refractivity contribution in [3.05, 3.63) is 11.6 Å². The lowest BCUT2D eigenvalue weighted by atomic mass is 9.40. The SMILES string of the molecule is CCO[C@H]1OC(OC)C23CCCC1(C(=O)OC)[C@@H]2CC[C@H]1[C@@H](C)C2=CC(=O)O[C@]2(OCC)C[C@@H]13. The van der Waals surface area contributed by atoms with Crippen LogP contribution in [0, 0.1) is 34.5 Å². The summed E-state index contributed by atoms with van der Waals surface area (Å²) in [5.41, 5.74) is -0.368. The van der Waals surface area contributed by atoms with Crippen molar-refractivity contribution >= 4 is 11.9 Å². The van der Waals surface area contributed by atoms with Crippen molar-refractivity contribution in [3.63, 3.8) is 0 Å². The Labute approximate surface area is 201 Å². The van der Waals surface area contributed by atoms with E-state index in [1.807, 2.05) is 13.8 Å². The first kappa shape index (κ1) is 24.2. The summed E-state index contributed by atoms with van der Waals surface area (Å²) in [5.74, 6) is -1.16. The molecule has 0 N–H and O–H groups in total. The van der Waals surface area contributed by atoms with Crippen molar-refractivity contribution in [2.45, 2.75) is 77.7 Å². The van der Waals surface area contributed by atoms with E-state index in [4.69, 9.17) is 28.4 Å². The van der Waals surface area contributed by atoms with Crippen LogP contribution in [0.3, 0.4) is 0 Å². The van der Waals surface area contributed by atoms with Crippen LogP contribution in [0.1, 0.15) is 59.3 Å². The molecule has 0 amide bonds. The first-order valence-electron chi connectivity index (χ1n) is 12.8. The van der Waals surface area contributed by atoms with Gasteiger partial charge in [-0.25, -0.2) is 4.79 Å². The number of ether oxygens (including phenoxy) is 6. The van der Waals surface area contributed by atoms with Crippen molar-refractivity contribution in [1.82, 2.24) is 0 Å². The molecule has 0 aromatic carbocycles.